The highest BCUT2D eigenvalue weighted by Gasteiger charge is 2.29. The van der Waals surface area contributed by atoms with Crippen molar-refractivity contribution in [1.82, 2.24) is 19.6 Å². The Morgan fingerprint density at radius 3 is 2.48 bits per heavy atom. The number of amidine groups is 1. The maximum Gasteiger partial charge on any atom is 0.257 e. The smallest absolute Gasteiger partial charge is 0.257 e. The van der Waals surface area contributed by atoms with Gasteiger partial charge in [0.1, 0.15) is 0 Å². The Balaban J connectivity index is 1.66. The van der Waals surface area contributed by atoms with Crippen LogP contribution < -0.4 is 0 Å². The van der Waals surface area contributed by atoms with E-state index in [2.05, 4.69) is 21.9 Å². The van der Waals surface area contributed by atoms with E-state index in [9.17, 15) is 4.79 Å². The van der Waals surface area contributed by atoms with Crippen LogP contribution in [0.2, 0.25) is 0 Å². The second kappa shape index (κ2) is 6.55. The zero-order valence-electron chi connectivity index (χ0n) is 14.4. The Labute approximate surface area is 141 Å². The minimum absolute atomic E-state index is 0.119. The van der Waals surface area contributed by atoms with Crippen LogP contribution in [-0.4, -0.2) is 68.6 Å². The number of rotatable bonds is 2. The number of aromatic nitrogens is 2. The number of carbonyl (C=O) groups is 1. The van der Waals surface area contributed by atoms with E-state index in [4.69, 9.17) is 0 Å². The summed E-state index contributed by atoms with van der Waals surface area (Å²) in [6, 6.07) is 0. The summed E-state index contributed by atoms with van der Waals surface area (Å²) < 4.78 is 1.91. The molecule has 0 unspecified atom stereocenters. The number of amides is 1. The number of carbonyl (C=O) groups excluding carboxylic acids is 1. The van der Waals surface area contributed by atoms with Crippen molar-refractivity contribution in [2.75, 3.05) is 32.7 Å². The van der Waals surface area contributed by atoms with Crippen LogP contribution in [-0.2, 0) is 6.54 Å². The molecule has 1 saturated heterocycles. The van der Waals surface area contributed by atoms with Crippen molar-refractivity contribution in [3.8, 4) is 0 Å². The molecule has 6 nitrogen and oxygen atoms in total. The van der Waals surface area contributed by atoms with Crippen LogP contribution in [0.3, 0.4) is 0 Å². The van der Waals surface area contributed by atoms with Crippen LogP contribution in [0.5, 0.6) is 0 Å². The SMILES string of the molecule is CCn1nc(C)c(C(=O)N2CCN(C3=NC[C@@H](C)S3)CC2)c1C. The minimum atomic E-state index is 0.119. The Kier molecular flexibility index (Phi) is 4.66. The van der Waals surface area contributed by atoms with Crippen molar-refractivity contribution >= 4 is 22.8 Å². The topological polar surface area (TPSA) is 53.7 Å². The van der Waals surface area contributed by atoms with E-state index in [-0.39, 0.29) is 5.91 Å². The first-order valence-electron chi connectivity index (χ1n) is 8.30. The fraction of sp³-hybridized carbons (Fsp3) is 0.688. The lowest BCUT2D eigenvalue weighted by molar-refractivity contribution is 0.0692. The number of aryl methyl sites for hydroxylation is 2. The standard InChI is InChI=1S/C16H25N5OS/c1-5-21-13(4)14(12(3)18-21)15(22)19-6-8-20(9-7-19)16-17-10-11(2)23-16/h11H,5-10H2,1-4H3/t11-/m1/s1. The summed E-state index contributed by atoms with van der Waals surface area (Å²) in [4.78, 5) is 21.7. The third-order valence-corrected chi connectivity index (χ3v) is 5.67. The van der Waals surface area contributed by atoms with Crippen molar-refractivity contribution in [2.45, 2.75) is 39.5 Å². The summed E-state index contributed by atoms with van der Waals surface area (Å²) >= 11 is 1.85. The lowest BCUT2D eigenvalue weighted by atomic mass is 10.1. The molecule has 0 aromatic carbocycles. The molecule has 1 amide bonds. The number of hydrogen-bond acceptors (Lipinski definition) is 5. The Morgan fingerprint density at radius 1 is 1.26 bits per heavy atom. The summed E-state index contributed by atoms with van der Waals surface area (Å²) in [6.45, 7) is 13.1. The molecule has 1 aromatic rings. The van der Waals surface area contributed by atoms with Gasteiger partial charge in [0, 0.05) is 43.7 Å². The van der Waals surface area contributed by atoms with E-state index >= 15 is 0 Å². The fourth-order valence-electron chi connectivity index (χ4n) is 3.21. The molecule has 0 aliphatic carbocycles. The molecule has 7 heteroatoms. The van der Waals surface area contributed by atoms with Gasteiger partial charge >= 0.3 is 0 Å². The molecule has 3 rings (SSSR count). The van der Waals surface area contributed by atoms with Gasteiger partial charge in [0.2, 0.25) is 0 Å². The number of piperazine rings is 1. The predicted molar refractivity (Wildman–Crippen MR) is 94.2 cm³/mol. The second-order valence-corrected chi connectivity index (χ2v) is 7.60. The van der Waals surface area contributed by atoms with Gasteiger partial charge in [-0.3, -0.25) is 14.5 Å². The van der Waals surface area contributed by atoms with Crippen LogP contribution in [0.1, 0.15) is 35.6 Å². The quantitative estimate of drug-likeness (QED) is 0.826. The maximum absolute atomic E-state index is 12.9. The van der Waals surface area contributed by atoms with E-state index in [0.29, 0.717) is 5.25 Å². The van der Waals surface area contributed by atoms with E-state index < -0.39 is 0 Å². The lowest BCUT2D eigenvalue weighted by Gasteiger charge is -2.35. The van der Waals surface area contributed by atoms with Gasteiger partial charge in [0.25, 0.3) is 5.91 Å². The second-order valence-electron chi connectivity index (χ2n) is 6.19. The summed E-state index contributed by atoms with van der Waals surface area (Å²) in [5.74, 6) is 0.119. The Hall–Kier alpha value is -1.50. The van der Waals surface area contributed by atoms with Crippen molar-refractivity contribution in [1.29, 1.82) is 0 Å². The van der Waals surface area contributed by atoms with E-state index in [1.165, 1.54) is 0 Å². The van der Waals surface area contributed by atoms with E-state index in [1.54, 1.807) is 0 Å². The van der Waals surface area contributed by atoms with Crippen LogP contribution in [0.4, 0.5) is 0 Å². The zero-order valence-corrected chi connectivity index (χ0v) is 15.2. The third-order valence-electron chi connectivity index (χ3n) is 4.52. The van der Waals surface area contributed by atoms with Crippen LogP contribution in [0.25, 0.3) is 0 Å². The molecule has 2 aliphatic heterocycles. The molecule has 126 valence electrons. The molecule has 0 spiro atoms. The monoisotopic (exact) mass is 335 g/mol. The number of thioether (sulfide) groups is 1. The highest BCUT2D eigenvalue weighted by molar-refractivity contribution is 8.14. The fourth-order valence-corrected chi connectivity index (χ4v) is 4.20. The molecular weight excluding hydrogens is 310 g/mol. The largest absolute Gasteiger partial charge is 0.348 e. The zero-order chi connectivity index (χ0) is 16.6. The van der Waals surface area contributed by atoms with Gasteiger partial charge in [-0.15, -0.1) is 0 Å². The molecule has 23 heavy (non-hydrogen) atoms. The summed E-state index contributed by atoms with van der Waals surface area (Å²) in [5, 5.41) is 6.19. The first-order chi connectivity index (χ1) is 11.0. The van der Waals surface area contributed by atoms with Crippen LogP contribution >= 0.6 is 11.8 Å². The maximum atomic E-state index is 12.9. The predicted octanol–water partition coefficient (Wildman–Crippen LogP) is 1.77. The number of hydrogen-bond donors (Lipinski definition) is 0. The summed E-state index contributed by atoms with van der Waals surface area (Å²) in [5.41, 5.74) is 2.59. The van der Waals surface area contributed by atoms with Gasteiger partial charge in [0.15, 0.2) is 5.17 Å². The van der Waals surface area contributed by atoms with Gasteiger partial charge in [0.05, 0.1) is 17.8 Å². The molecule has 2 aliphatic rings. The molecule has 0 N–H and O–H groups in total. The molecule has 0 bridgehead atoms. The van der Waals surface area contributed by atoms with Crippen molar-refractivity contribution in [2.24, 2.45) is 4.99 Å². The third kappa shape index (κ3) is 3.11. The minimum Gasteiger partial charge on any atom is -0.348 e. The van der Waals surface area contributed by atoms with E-state index in [0.717, 1.165) is 61.4 Å². The average Bonchev–Trinajstić information content (AvgIpc) is 3.10. The van der Waals surface area contributed by atoms with E-state index in [1.807, 2.05) is 42.1 Å². The van der Waals surface area contributed by atoms with Crippen molar-refractivity contribution in [3.63, 3.8) is 0 Å². The Morgan fingerprint density at radius 2 is 1.96 bits per heavy atom. The van der Waals surface area contributed by atoms with Gasteiger partial charge in [-0.1, -0.05) is 18.7 Å². The highest BCUT2D eigenvalue weighted by atomic mass is 32.2. The van der Waals surface area contributed by atoms with Crippen molar-refractivity contribution < 1.29 is 4.79 Å². The van der Waals surface area contributed by atoms with Gasteiger partial charge in [-0.05, 0) is 20.8 Å². The molecule has 1 aromatic heterocycles. The van der Waals surface area contributed by atoms with Gasteiger partial charge in [-0.2, -0.15) is 5.10 Å². The van der Waals surface area contributed by atoms with Crippen LogP contribution in [0.15, 0.2) is 4.99 Å². The van der Waals surface area contributed by atoms with Crippen molar-refractivity contribution in [3.05, 3.63) is 17.0 Å². The highest BCUT2D eigenvalue weighted by Crippen LogP contribution is 2.24. The normalized spacial score (nSPS) is 21.7. The number of aliphatic imine (C=N–C) groups is 1. The van der Waals surface area contributed by atoms with Gasteiger partial charge in [-0.25, -0.2) is 0 Å². The first kappa shape index (κ1) is 16.4. The molecular formula is C16H25N5OS. The average molecular weight is 335 g/mol. The lowest BCUT2D eigenvalue weighted by Crippen LogP contribution is -2.50. The summed E-state index contributed by atoms with van der Waals surface area (Å²) in [7, 11) is 0. The molecule has 0 saturated carbocycles. The van der Waals surface area contributed by atoms with Gasteiger partial charge < -0.3 is 9.80 Å². The molecule has 1 fully saturated rings. The molecule has 0 radical (unpaired) electrons. The summed E-state index contributed by atoms with van der Waals surface area (Å²) in [6.07, 6.45) is 0. The van der Waals surface area contributed by atoms with Crippen LogP contribution in [0, 0.1) is 13.8 Å². The first-order valence-corrected chi connectivity index (χ1v) is 9.18. The number of nitrogens with zero attached hydrogens (tertiary/aromatic N) is 5. The molecule has 1 atom stereocenters. The Bertz CT molecular complexity index is 631. The molecule has 3 heterocycles.